The second-order valence-electron chi connectivity index (χ2n) is 4.30. The highest BCUT2D eigenvalue weighted by molar-refractivity contribution is 7.20. The van der Waals surface area contributed by atoms with Crippen molar-refractivity contribution in [1.82, 2.24) is 10.2 Å². The van der Waals surface area contributed by atoms with Crippen molar-refractivity contribution in [3.63, 3.8) is 0 Å². The number of rotatable bonds is 2. The minimum absolute atomic E-state index is 0.161. The Labute approximate surface area is 113 Å². The first-order valence-corrected chi connectivity index (χ1v) is 6.56. The van der Waals surface area contributed by atoms with Crippen molar-refractivity contribution < 1.29 is 4.79 Å². The van der Waals surface area contributed by atoms with Gasteiger partial charge in [-0.3, -0.25) is 9.89 Å². The third kappa shape index (κ3) is 2.30. The molecule has 0 atom stereocenters. The third-order valence-corrected chi connectivity index (χ3v) is 3.83. The van der Waals surface area contributed by atoms with Crippen LogP contribution in [0.2, 0.25) is 0 Å². The van der Waals surface area contributed by atoms with Crippen LogP contribution in [0.3, 0.4) is 0 Å². The molecular formula is C13H12N4OS. The van der Waals surface area contributed by atoms with Gasteiger partial charge in [-0.15, -0.1) is 11.3 Å². The van der Waals surface area contributed by atoms with Crippen molar-refractivity contribution in [3.8, 4) is 0 Å². The van der Waals surface area contributed by atoms with Crippen LogP contribution in [-0.2, 0) is 0 Å². The fraction of sp³-hybridized carbons (Fsp3) is 0.0769. The lowest BCUT2D eigenvalue weighted by atomic mass is 10.2. The molecule has 0 unspecified atom stereocenters. The Balaban J connectivity index is 1.89. The number of benzene rings is 1. The molecule has 0 aliphatic carbocycles. The molecule has 4 N–H and O–H groups in total. The molecule has 0 bridgehead atoms. The van der Waals surface area contributed by atoms with Gasteiger partial charge in [0.1, 0.15) is 0 Å². The van der Waals surface area contributed by atoms with Crippen LogP contribution in [-0.4, -0.2) is 16.1 Å². The van der Waals surface area contributed by atoms with Crippen molar-refractivity contribution >= 4 is 38.8 Å². The number of anilines is 2. The molecule has 96 valence electrons. The van der Waals surface area contributed by atoms with Crippen LogP contribution in [0.4, 0.5) is 11.5 Å². The standard InChI is InChI=1S/C13H12N4OS/c1-7-4-12(17-16-7)15-13(18)11-6-8-5-9(14)2-3-10(8)19-11/h2-6H,14H2,1H3,(H2,15,16,17,18). The van der Waals surface area contributed by atoms with Crippen LogP contribution in [0.15, 0.2) is 30.3 Å². The van der Waals surface area contributed by atoms with Gasteiger partial charge in [0.2, 0.25) is 0 Å². The number of H-pyrrole nitrogens is 1. The Morgan fingerprint density at radius 1 is 1.37 bits per heavy atom. The van der Waals surface area contributed by atoms with Gasteiger partial charge in [-0.05, 0) is 36.6 Å². The van der Waals surface area contributed by atoms with E-state index < -0.39 is 0 Å². The zero-order chi connectivity index (χ0) is 13.4. The zero-order valence-corrected chi connectivity index (χ0v) is 11.0. The predicted molar refractivity (Wildman–Crippen MR) is 77.5 cm³/mol. The summed E-state index contributed by atoms with van der Waals surface area (Å²) >= 11 is 1.43. The van der Waals surface area contributed by atoms with Gasteiger partial charge in [0.15, 0.2) is 5.82 Å². The molecule has 0 aliphatic rings. The first-order valence-electron chi connectivity index (χ1n) is 5.74. The molecule has 0 radical (unpaired) electrons. The van der Waals surface area contributed by atoms with Crippen LogP contribution < -0.4 is 11.1 Å². The van der Waals surface area contributed by atoms with Gasteiger partial charge in [0.05, 0.1) is 4.88 Å². The average molecular weight is 272 g/mol. The second-order valence-corrected chi connectivity index (χ2v) is 5.38. The molecule has 1 aromatic carbocycles. The molecule has 3 rings (SSSR count). The van der Waals surface area contributed by atoms with Crippen molar-refractivity contribution in [1.29, 1.82) is 0 Å². The maximum atomic E-state index is 12.1. The molecule has 0 aliphatic heterocycles. The Morgan fingerprint density at radius 3 is 2.95 bits per heavy atom. The van der Waals surface area contributed by atoms with E-state index >= 15 is 0 Å². The molecule has 2 heterocycles. The normalized spacial score (nSPS) is 10.8. The van der Waals surface area contributed by atoms with E-state index in [4.69, 9.17) is 5.73 Å². The number of aromatic amines is 1. The van der Waals surface area contributed by atoms with E-state index in [9.17, 15) is 4.79 Å². The maximum Gasteiger partial charge on any atom is 0.266 e. The fourth-order valence-corrected chi connectivity index (χ4v) is 2.77. The van der Waals surface area contributed by atoms with Gasteiger partial charge < -0.3 is 11.1 Å². The maximum absolute atomic E-state index is 12.1. The molecule has 19 heavy (non-hydrogen) atoms. The minimum atomic E-state index is -0.161. The molecular weight excluding hydrogens is 260 g/mol. The van der Waals surface area contributed by atoms with Gasteiger partial charge in [-0.2, -0.15) is 5.10 Å². The number of nitrogens with zero attached hydrogens (tertiary/aromatic N) is 1. The number of carbonyl (C=O) groups excluding carboxylic acids is 1. The lowest BCUT2D eigenvalue weighted by Gasteiger charge is -1.97. The Hall–Kier alpha value is -2.34. The number of carbonyl (C=O) groups is 1. The number of fused-ring (bicyclic) bond motifs is 1. The topological polar surface area (TPSA) is 83.8 Å². The van der Waals surface area contributed by atoms with Crippen molar-refractivity contribution in [2.75, 3.05) is 11.1 Å². The number of nitrogens with two attached hydrogens (primary N) is 1. The summed E-state index contributed by atoms with van der Waals surface area (Å²) in [6, 6.07) is 9.23. The number of thiophene rings is 1. The van der Waals surface area contributed by atoms with E-state index in [0.717, 1.165) is 15.8 Å². The average Bonchev–Trinajstić information content (AvgIpc) is 2.95. The fourth-order valence-electron chi connectivity index (χ4n) is 1.83. The van der Waals surface area contributed by atoms with Crippen molar-refractivity contribution in [2.45, 2.75) is 6.92 Å². The third-order valence-electron chi connectivity index (χ3n) is 2.71. The molecule has 2 aromatic heterocycles. The number of nitrogen functional groups attached to an aromatic ring is 1. The quantitative estimate of drug-likeness (QED) is 0.627. The summed E-state index contributed by atoms with van der Waals surface area (Å²) in [7, 11) is 0. The van der Waals surface area contributed by atoms with Crippen molar-refractivity contribution in [3.05, 3.63) is 40.9 Å². The molecule has 0 saturated carbocycles. The highest BCUT2D eigenvalue weighted by atomic mass is 32.1. The smallest absolute Gasteiger partial charge is 0.266 e. The highest BCUT2D eigenvalue weighted by Gasteiger charge is 2.11. The predicted octanol–water partition coefficient (Wildman–Crippen LogP) is 2.77. The first kappa shape index (κ1) is 11.7. The van der Waals surface area contributed by atoms with Crippen molar-refractivity contribution in [2.24, 2.45) is 0 Å². The van der Waals surface area contributed by atoms with Gasteiger partial charge in [0, 0.05) is 22.1 Å². The van der Waals surface area contributed by atoms with Crippen LogP contribution in [0.25, 0.3) is 10.1 Å². The minimum Gasteiger partial charge on any atom is -0.399 e. The van der Waals surface area contributed by atoms with E-state index in [-0.39, 0.29) is 5.91 Å². The number of aryl methyl sites for hydroxylation is 1. The number of hydrogen-bond acceptors (Lipinski definition) is 4. The van der Waals surface area contributed by atoms with Gasteiger partial charge in [-0.25, -0.2) is 0 Å². The van der Waals surface area contributed by atoms with Crippen LogP contribution >= 0.6 is 11.3 Å². The molecule has 1 amide bonds. The molecule has 0 spiro atoms. The number of amides is 1. The Morgan fingerprint density at radius 2 is 2.21 bits per heavy atom. The van der Waals surface area contributed by atoms with E-state index in [1.807, 2.05) is 31.2 Å². The van der Waals surface area contributed by atoms with Crippen LogP contribution in [0, 0.1) is 6.92 Å². The van der Waals surface area contributed by atoms with E-state index in [1.165, 1.54) is 11.3 Å². The highest BCUT2D eigenvalue weighted by Crippen LogP contribution is 2.27. The molecule has 3 aromatic rings. The SMILES string of the molecule is Cc1cc(NC(=O)c2cc3cc(N)ccc3s2)n[nH]1. The first-order chi connectivity index (χ1) is 9.11. The van der Waals surface area contributed by atoms with Crippen LogP contribution in [0.1, 0.15) is 15.4 Å². The summed E-state index contributed by atoms with van der Waals surface area (Å²) in [5, 5.41) is 10.5. The van der Waals surface area contributed by atoms with E-state index in [2.05, 4.69) is 15.5 Å². The summed E-state index contributed by atoms with van der Waals surface area (Å²) in [4.78, 5) is 12.7. The Kier molecular flexibility index (Phi) is 2.72. The summed E-state index contributed by atoms with van der Waals surface area (Å²) in [6.45, 7) is 1.88. The van der Waals surface area contributed by atoms with Gasteiger partial charge in [0.25, 0.3) is 5.91 Å². The Bertz CT molecular complexity index is 759. The zero-order valence-electron chi connectivity index (χ0n) is 10.2. The van der Waals surface area contributed by atoms with E-state index in [1.54, 1.807) is 6.07 Å². The monoisotopic (exact) mass is 272 g/mol. The van der Waals surface area contributed by atoms with Crippen LogP contribution in [0.5, 0.6) is 0 Å². The largest absolute Gasteiger partial charge is 0.399 e. The molecule has 5 nitrogen and oxygen atoms in total. The molecule has 0 fully saturated rings. The second kappa shape index (κ2) is 4.40. The summed E-state index contributed by atoms with van der Waals surface area (Å²) in [5.41, 5.74) is 7.32. The van der Waals surface area contributed by atoms with Gasteiger partial charge in [-0.1, -0.05) is 0 Å². The lowest BCUT2D eigenvalue weighted by molar-refractivity contribution is 0.103. The molecule has 0 saturated heterocycles. The summed E-state index contributed by atoms with van der Waals surface area (Å²) < 4.78 is 1.04. The molecule has 6 heteroatoms. The lowest BCUT2D eigenvalue weighted by Crippen LogP contribution is -2.10. The summed E-state index contributed by atoms with van der Waals surface area (Å²) in [5.74, 6) is 0.366. The number of aromatic nitrogens is 2. The summed E-state index contributed by atoms with van der Waals surface area (Å²) in [6.07, 6.45) is 0. The number of hydrogen-bond donors (Lipinski definition) is 3. The van der Waals surface area contributed by atoms with E-state index in [0.29, 0.717) is 16.4 Å². The number of nitrogens with one attached hydrogen (secondary N) is 2. The van der Waals surface area contributed by atoms with Gasteiger partial charge >= 0.3 is 0 Å².